The van der Waals surface area contributed by atoms with E-state index in [1.54, 1.807) is 18.2 Å². The Morgan fingerprint density at radius 3 is 2.55 bits per heavy atom. The monoisotopic (exact) mass is 317 g/mol. The second-order valence-electron chi connectivity index (χ2n) is 5.15. The second-order valence-corrected chi connectivity index (χ2v) is 5.56. The summed E-state index contributed by atoms with van der Waals surface area (Å²) in [6.07, 6.45) is -0.117. The van der Waals surface area contributed by atoms with Crippen molar-refractivity contribution in [1.82, 2.24) is 4.98 Å². The maximum atomic E-state index is 13.1. The van der Waals surface area contributed by atoms with Crippen LogP contribution in [0.2, 0.25) is 5.02 Å². The maximum absolute atomic E-state index is 13.1. The van der Waals surface area contributed by atoms with Crippen LogP contribution in [0.4, 0.5) is 4.39 Å². The molecule has 3 aromatic rings. The number of H-pyrrole nitrogens is 1. The number of benzene rings is 2. The van der Waals surface area contributed by atoms with Crippen LogP contribution in [-0.4, -0.2) is 16.1 Å². The number of carboxylic acids is 1. The van der Waals surface area contributed by atoms with E-state index in [1.165, 1.54) is 12.1 Å². The third-order valence-electron chi connectivity index (χ3n) is 3.74. The van der Waals surface area contributed by atoms with Crippen molar-refractivity contribution in [2.45, 2.75) is 13.3 Å². The van der Waals surface area contributed by atoms with Crippen LogP contribution in [0.5, 0.6) is 0 Å². The molecule has 2 aromatic carbocycles. The van der Waals surface area contributed by atoms with Crippen molar-refractivity contribution in [2.24, 2.45) is 0 Å². The first kappa shape index (κ1) is 14.6. The van der Waals surface area contributed by atoms with E-state index < -0.39 is 5.97 Å². The first-order valence-corrected chi connectivity index (χ1v) is 7.12. The van der Waals surface area contributed by atoms with Crippen molar-refractivity contribution in [1.29, 1.82) is 0 Å². The third-order valence-corrected chi connectivity index (χ3v) is 4.15. The Kier molecular flexibility index (Phi) is 3.62. The number of aryl methyl sites for hydroxylation is 1. The van der Waals surface area contributed by atoms with Crippen molar-refractivity contribution >= 4 is 28.5 Å². The van der Waals surface area contributed by atoms with Crippen LogP contribution in [0.25, 0.3) is 22.2 Å². The van der Waals surface area contributed by atoms with E-state index in [9.17, 15) is 14.3 Å². The lowest BCUT2D eigenvalue weighted by atomic mass is 10.0. The van der Waals surface area contributed by atoms with Gasteiger partial charge in [0.25, 0.3) is 0 Å². The molecular formula is C17H13ClFNO2. The van der Waals surface area contributed by atoms with Gasteiger partial charge in [-0.1, -0.05) is 17.7 Å². The van der Waals surface area contributed by atoms with Crippen LogP contribution in [-0.2, 0) is 11.2 Å². The van der Waals surface area contributed by atoms with Gasteiger partial charge in [0.15, 0.2) is 0 Å². The molecule has 0 aliphatic rings. The topological polar surface area (TPSA) is 53.1 Å². The van der Waals surface area contributed by atoms with Crippen molar-refractivity contribution < 1.29 is 14.3 Å². The Labute approximate surface area is 131 Å². The van der Waals surface area contributed by atoms with Gasteiger partial charge in [0.05, 0.1) is 17.6 Å². The molecule has 3 rings (SSSR count). The first-order chi connectivity index (χ1) is 10.5. The highest BCUT2D eigenvalue weighted by molar-refractivity contribution is 6.32. The van der Waals surface area contributed by atoms with Gasteiger partial charge in [-0.3, -0.25) is 4.79 Å². The molecule has 0 aliphatic heterocycles. The molecule has 2 N–H and O–H groups in total. The van der Waals surface area contributed by atoms with E-state index in [0.717, 1.165) is 22.0 Å². The largest absolute Gasteiger partial charge is 0.481 e. The Balaban J connectivity index is 2.30. The molecule has 0 atom stereocenters. The van der Waals surface area contributed by atoms with E-state index in [4.69, 9.17) is 11.6 Å². The second kappa shape index (κ2) is 5.46. The van der Waals surface area contributed by atoms with Crippen LogP contribution < -0.4 is 0 Å². The minimum Gasteiger partial charge on any atom is -0.481 e. The number of aromatic amines is 1. The fourth-order valence-electron chi connectivity index (χ4n) is 2.63. The van der Waals surface area contributed by atoms with E-state index in [2.05, 4.69) is 4.98 Å². The van der Waals surface area contributed by atoms with Crippen LogP contribution in [0.1, 0.15) is 11.1 Å². The van der Waals surface area contributed by atoms with Gasteiger partial charge in [-0.05, 0) is 53.9 Å². The molecule has 1 aromatic heterocycles. The first-order valence-electron chi connectivity index (χ1n) is 6.74. The molecular weight excluding hydrogens is 305 g/mol. The van der Waals surface area contributed by atoms with Gasteiger partial charge < -0.3 is 10.1 Å². The number of rotatable bonds is 3. The summed E-state index contributed by atoms with van der Waals surface area (Å²) in [7, 11) is 0. The lowest BCUT2D eigenvalue weighted by molar-refractivity contribution is -0.136. The molecule has 0 saturated heterocycles. The van der Waals surface area contributed by atoms with E-state index in [1.807, 2.05) is 13.0 Å². The molecule has 0 bridgehead atoms. The van der Waals surface area contributed by atoms with Crippen LogP contribution >= 0.6 is 11.6 Å². The lowest BCUT2D eigenvalue weighted by Gasteiger charge is -2.03. The molecule has 0 amide bonds. The number of aliphatic carboxylic acids is 1. The van der Waals surface area contributed by atoms with Gasteiger partial charge in [-0.15, -0.1) is 0 Å². The number of carbonyl (C=O) groups is 1. The zero-order chi connectivity index (χ0) is 15.9. The summed E-state index contributed by atoms with van der Waals surface area (Å²) in [6, 6.07) is 9.53. The molecule has 0 unspecified atom stereocenters. The summed E-state index contributed by atoms with van der Waals surface area (Å²) < 4.78 is 13.1. The van der Waals surface area contributed by atoms with Crippen molar-refractivity contribution in [3.63, 3.8) is 0 Å². The number of hydrogen-bond acceptors (Lipinski definition) is 1. The standard InChI is InChI=1S/C17H13ClFNO2/c1-9-14(18)7-6-12-13(8-15(21)22)17(20-16(9)12)10-2-4-11(19)5-3-10/h2-7,20H,8H2,1H3,(H,21,22). The predicted octanol–water partition coefficient (Wildman–Crippen LogP) is 4.56. The van der Waals surface area contributed by atoms with Gasteiger partial charge in [-0.25, -0.2) is 4.39 Å². The molecule has 1 heterocycles. The number of hydrogen-bond donors (Lipinski definition) is 2. The molecule has 0 aliphatic carbocycles. The number of carboxylic acid groups (broad SMARTS) is 1. The molecule has 0 radical (unpaired) electrons. The average molecular weight is 318 g/mol. The normalized spacial score (nSPS) is 11.0. The molecule has 0 fully saturated rings. The summed E-state index contributed by atoms with van der Waals surface area (Å²) in [4.78, 5) is 14.4. The van der Waals surface area contributed by atoms with E-state index in [-0.39, 0.29) is 12.2 Å². The molecule has 0 saturated carbocycles. The fraction of sp³-hybridized carbons (Fsp3) is 0.118. The van der Waals surface area contributed by atoms with Crippen molar-refractivity contribution in [3.8, 4) is 11.3 Å². The van der Waals surface area contributed by atoms with Gasteiger partial charge in [0.1, 0.15) is 5.82 Å². The Morgan fingerprint density at radius 1 is 1.23 bits per heavy atom. The van der Waals surface area contributed by atoms with Crippen LogP contribution in [0.3, 0.4) is 0 Å². The number of halogens is 2. The summed E-state index contributed by atoms with van der Waals surface area (Å²) in [6.45, 7) is 1.88. The molecule has 3 nitrogen and oxygen atoms in total. The van der Waals surface area contributed by atoms with Crippen LogP contribution in [0, 0.1) is 12.7 Å². The number of fused-ring (bicyclic) bond motifs is 1. The highest BCUT2D eigenvalue weighted by Gasteiger charge is 2.17. The fourth-order valence-corrected chi connectivity index (χ4v) is 2.79. The maximum Gasteiger partial charge on any atom is 0.307 e. The zero-order valence-electron chi connectivity index (χ0n) is 11.8. The molecule has 22 heavy (non-hydrogen) atoms. The van der Waals surface area contributed by atoms with Gasteiger partial charge in [0, 0.05) is 10.4 Å². The summed E-state index contributed by atoms with van der Waals surface area (Å²) >= 11 is 6.14. The SMILES string of the molecule is Cc1c(Cl)ccc2c(CC(=O)O)c(-c3ccc(F)cc3)[nH]c12. The predicted molar refractivity (Wildman–Crippen MR) is 84.8 cm³/mol. The van der Waals surface area contributed by atoms with Crippen molar-refractivity contribution in [3.05, 3.63) is 58.4 Å². The van der Waals surface area contributed by atoms with Crippen molar-refractivity contribution in [2.75, 3.05) is 0 Å². The van der Waals surface area contributed by atoms with Gasteiger partial charge in [-0.2, -0.15) is 0 Å². The molecule has 0 spiro atoms. The minimum absolute atomic E-state index is 0.117. The van der Waals surface area contributed by atoms with Gasteiger partial charge in [0.2, 0.25) is 0 Å². The molecule has 5 heteroatoms. The summed E-state index contributed by atoms with van der Waals surface area (Å²) in [5, 5.41) is 10.6. The smallest absolute Gasteiger partial charge is 0.307 e. The van der Waals surface area contributed by atoms with E-state index >= 15 is 0 Å². The average Bonchev–Trinajstić information content (AvgIpc) is 2.83. The number of nitrogens with one attached hydrogen (secondary N) is 1. The van der Waals surface area contributed by atoms with E-state index in [0.29, 0.717) is 16.3 Å². The third kappa shape index (κ3) is 2.46. The highest BCUT2D eigenvalue weighted by Crippen LogP contribution is 2.34. The summed E-state index contributed by atoms with van der Waals surface area (Å²) in [5.41, 5.74) is 3.77. The van der Waals surface area contributed by atoms with Crippen LogP contribution in [0.15, 0.2) is 36.4 Å². The highest BCUT2D eigenvalue weighted by atomic mass is 35.5. The number of aromatic nitrogens is 1. The Hall–Kier alpha value is -2.33. The zero-order valence-corrected chi connectivity index (χ0v) is 12.5. The quantitative estimate of drug-likeness (QED) is 0.744. The summed E-state index contributed by atoms with van der Waals surface area (Å²) in [5.74, 6) is -1.25. The Morgan fingerprint density at radius 2 is 1.91 bits per heavy atom. The van der Waals surface area contributed by atoms with Gasteiger partial charge >= 0.3 is 5.97 Å². The lowest BCUT2D eigenvalue weighted by Crippen LogP contribution is -2.01. The Bertz CT molecular complexity index is 868. The molecule has 112 valence electrons. The minimum atomic E-state index is -0.920.